The van der Waals surface area contributed by atoms with Gasteiger partial charge >= 0.3 is 6.03 Å². The molecule has 1 aromatic heterocycles. The van der Waals surface area contributed by atoms with Crippen LogP contribution in [0.3, 0.4) is 0 Å². The number of nitrogens with one attached hydrogen (secondary N) is 2. The Hall–Kier alpha value is -1.89. The predicted molar refractivity (Wildman–Crippen MR) is 97.4 cm³/mol. The van der Waals surface area contributed by atoms with E-state index < -0.39 is 6.03 Å². The molecule has 2 aromatic rings. The summed E-state index contributed by atoms with van der Waals surface area (Å²) >= 11 is 7.49. The Morgan fingerprint density at radius 3 is 2.62 bits per heavy atom. The van der Waals surface area contributed by atoms with Crippen molar-refractivity contribution in [2.24, 2.45) is 0 Å². The van der Waals surface area contributed by atoms with E-state index in [1.165, 1.54) is 4.88 Å². The van der Waals surface area contributed by atoms with Gasteiger partial charge in [-0.15, -0.1) is 11.3 Å². The minimum atomic E-state index is -0.462. The van der Waals surface area contributed by atoms with E-state index in [0.717, 1.165) is 12.0 Å². The van der Waals surface area contributed by atoms with Crippen molar-refractivity contribution in [3.05, 3.63) is 57.2 Å². The summed E-state index contributed by atoms with van der Waals surface area (Å²) in [6.07, 6.45) is 0.760. The SMILES string of the molecule is CN(CC(=O)NC(=O)NCCc1cccs1)Cc1ccc(Cl)cc1. The minimum Gasteiger partial charge on any atom is -0.337 e. The average molecular weight is 366 g/mol. The number of imide groups is 1. The lowest BCUT2D eigenvalue weighted by Crippen LogP contribution is -2.44. The van der Waals surface area contributed by atoms with Crippen molar-refractivity contribution in [3.8, 4) is 0 Å². The molecule has 0 atom stereocenters. The van der Waals surface area contributed by atoms with Crippen LogP contribution in [0.5, 0.6) is 0 Å². The fourth-order valence-electron chi connectivity index (χ4n) is 2.17. The van der Waals surface area contributed by atoms with E-state index in [9.17, 15) is 9.59 Å². The molecule has 5 nitrogen and oxygen atoms in total. The number of urea groups is 1. The molecule has 0 aliphatic heterocycles. The summed E-state index contributed by atoms with van der Waals surface area (Å²) in [7, 11) is 1.82. The smallest absolute Gasteiger partial charge is 0.321 e. The lowest BCUT2D eigenvalue weighted by molar-refractivity contribution is -0.120. The zero-order valence-corrected chi connectivity index (χ0v) is 15.0. The van der Waals surface area contributed by atoms with E-state index in [4.69, 9.17) is 11.6 Å². The van der Waals surface area contributed by atoms with Gasteiger partial charge in [0.2, 0.25) is 5.91 Å². The average Bonchev–Trinajstić information content (AvgIpc) is 3.02. The largest absolute Gasteiger partial charge is 0.337 e. The lowest BCUT2D eigenvalue weighted by Gasteiger charge is -2.16. The fourth-order valence-corrected chi connectivity index (χ4v) is 3.00. The highest BCUT2D eigenvalue weighted by molar-refractivity contribution is 7.09. The van der Waals surface area contributed by atoms with Crippen LogP contribution in [-0.4, -0.2) is 37.0 Å². The number of hydrogen-bond donors (Lipinski definition) is 2. The fraction of sp³-hybridized carbons (Fsp3) is 0.294. The number of nitrogens with zero attached hydrogens (tertiary/aromatic N) is 1. The molecule has 7 heteroatoms. The summed E-state index contributed by atoms with van der Waals surface area (Å²) in [4.78, 5) is 26.6. The number of amides is 3. The number of carbonyl (C=O) groups is 2. The predicted octanol–water partition coefficient (Wildman–Crippen LogP) is 2.90. The summed E-state index contributed by atoms with van der Waals surface area (Å²) in [6.45, 7) is 1.24. The quantitative estimate of drug-likeness (QED) is 0.793. The molecule has 2 N–H and O–H groups in total. The van der Waals surface area contributed by atoms with Gasteiger partial charge in [-0.2, -0.15) is 0 Å². The highest BCUT2D eigenvalue weighted by atomic mass is 35.5. The highest BCUT2D eigenvalue weighted by Gasteiger charge is 2.10. The van der Waals surface area contributed by atoms with Gasteiger partial charge in [0.15, 0.2) is 0 Å². The first kappa shape index (κ1) is 18.4. The van der Waals surface area contributed by atoms with Gasteiger partial charge in [-0.3, -0.25) is 15.0 Å². The number of hydrogen-bond acceptors (Lipinski definition) is 4. The molecule has 0 aliphatic carbocycles. The molecule has 0 fully saturated rings. The molecule has 128 valence electrons. The van der Waals surface area contributed by atoms with Crippen LogP contribution in [0.4, 0.5) is 4.79 Å². The first-order chi connectivity index (χ1) is 11.5. The molecule has 2 rings (SSSR count). The molecule has 24 heavy (non-hydrogen) atoms. The van der Waals surface area contributed by atoms with Gasteiger partial charge in [-0.25, -0.2) is 4.79 Å². The molecule has 0 aliphatic rings. The van der Waals surface area contributed by atoms with E-state index >= 15 is 0 Å². The normalized spacial score (nSPS) is 10.6. The van der Waals surface area contributed by atoms with E-state index in [1.54, 1.807) is 11.3 Å². The van der Waals surface area contributed by atoms with Gasteiger partial charge in [0.25, 0.3) is 0 Å². The third-order valence-corrected chi connectivity index (χ3v) is 4.46. The van der Waals surface area contributed by atoms with Crippen molar-refractivity contribution in [1.82, 2.24) is 15.5 Å². The van der Waals surface area contributed by atoms with Crippen molar-refractivity contribution < 1.29 is 9.59 Å². The highest BCUT2D eigenvalue weighted by Crippen LogP contribution is 2.10. The number of carbonyl (C=O) groups excluding carboxylic acids is 2. The maximum Gasteiger partial charge on any atom is 0.321 e. The standard InChI is InChI=1S/C17H20ClN3O2S/c1-21(11-13-4-6-14(18)7-5-13)12-16(22)20-17(23)19-9-8-15-3-2-10-24-15/h2-7,10H,8-9,11-12H2,1H3,(H2,19,20,22,23). The number of halogens is 1. The van der Waals surface area contributed by atoms with Crippen LogP contribution in [0.1, 0.15) is 10.4 Å². The lowest BCUT2D eigenvalue weighted by atomic mass is 10.2. The molecular weight excluding hydrogens is 346 g/mol. The van der Waals surface area contributed by atoms with E-state index in [0.29, 0.717) is 18.1 Å². The van der Waals surface area contributed by atoms with Crippen molar-refractivity contribution in [2.75, 3.05) is 20.1 Å². The second-order valence-corrected chi connectivity index (χ2v) is 6.90. The molecule has 3 amide bonds. The number of thiophene rings is 1. The maximum absolute atomic E-state index is 11.9. The van der Waals surface area contributed by atoms with Crippen LogP contribution in [0.2, 0.25) is 5.02 Å². The zero-order chi connectivity index (χ0) is 17.4. The van der Waals surface area contributed by atoms with Crippen LogP contribution in [0.25, 0.3) is 0 Å². The second-order valence-electron chi connectivity index (χ2n) is 5.43. The van der Waals surface area contributed by atoms with E-state index in [2.05, 4.69) is 10.6 Å². The first-order valence-corrected chi connectivity index (χ1v) is 8.82. The Labute approximate surface area is 150 Å². The Bertz CT molecular complexity index is 659. The third kappa shape index (κ3) is 6.70. The van der Waals surface area contributed by atoms with Gasteiger partial charge in [-0.1, -0.05) is 29.8 Å². The monoisotopic (exact) mass is 365 g/mol. The van der Waals surface area contributed by atoms with Crippen LogP contribution in [0, 0.1) is 0 Å². The molecule has 1 aromatic carbocycles. The Kier molecular flexibility index (Phi) is 7.24. The van der Waals surface area contributed by atoms with Gasteiger partial charge in [0.1, 0.15) is 0 Å². The van der Waals surface area contributed by atoms with Crippen LogP contribution in [-0.2, 0) is 17.8 Å². The van der Waals surface area contributed by atoms with Gasteiger partial charge < -0.3 is 5.32 Å². The first-order valence-electron chi connectivity index (χ1n) is 7.56. The molecule has 0 radical (unpaired) electrons. The number of benzene rings is 1. The van der Waals surface area contributed by atoms with Crippen LogP contribution < -0.4 is 10.6 Å². The molecular formula is C17H20ClN3O2S. The Balaban J connectivity index is 1.65. The Morgan fingerprint density at radius 1 is 1.21 bits per heavy atom. The molecule has 0 saturated carbocycles. The number of likely N-dealkylation sites (N-methyl/N-ethyl adjacent to an activating group) is 1. The van der Waals surface area contributed by atoms with E-state index in [-0.39, 0.29) is 12.5 Å². The summed E-state index contributed by atoms with van der Waals surface area (Å²) < 4.78 is 0. The third-order valence-electron chi connectivity index (χ3n) is 3.27. The van der Waals surface area contributed by atoms with Crippen LogP contribution >= 0.6 is 22.9 Å². The van der Waals surface area contributed by atoms with Crippen molar-refractivity contribution in [1.29, 1.82) is 0 Å². The van der Waals surface area contributed by atoms with Crippen molar-refractivity contribution in [2.45, 2.75) is 13.0 Å². The van der Waals surface area contributed by atoms with Crippen LogP contribution in [0.15, 0.2) is 41.8 Å². The van der Waals surface area contributed by atoms with E-state index in [1.807, 2.05) is 53.7 Å². The molecule has 0 unspecified atom stereocenters. The minimum absolute atomic E-state index is 0.140. The van der Waals surface area contributed by atoms with Gasteiger partial charge in [0.05, 0.1) is 6.54 Å². The topological polar surface area (TPSA) is 61.4 Å². The maximum atomic E-state index is 11.9. The number of rotatable bonds is 7. The molecule has 1 heterocycles. The molecule has 0 bridgehead atoms. The van der Waals surface area contributed by atoms with Gasteiger partial charge in [0, 0.05) is 23.0 Å². The molecule has 0 saturated heterocycles. The summed E-state index contributed by atoms with van der Waals surface area (Å²) in [5, 5.41) is 7.70. The van der Waals surface area contributed by atoms with Gasteiger partial charge in [-0.05, 0) is 42.6 Å². The second kappa shape index (κ2) is 9.42. The van der Waals surface area contributed by atoms with Crippen molar-refractivity contribution >= 4 is 34.9 Å². The summed E-state index contributed by atoms with van der Waals surface area (Å²) in [5.74, 6) is -0.333. The Morgan fingerprint density at radius 2 is 1.96 bits per heavy atom. The zero-order valence-electron chi connectivity index (χ0n) is 13.4. The summed E-state index contributed by atoms with van der Waals surface area (Å²) in [6, 6.07) is 11.0. The van der Waals surface area contributed by atoms with Crippen molar-refractivity contribution in [3.63, 3.8) is 0 Å². The summed E-state index contributed by atoms with van der Waals surface area (Å²) in [5.41, 5.74) is 1.05. The molecule has 0 spiro atoms.